The Hall–Kier alpha value is -2.06. The summed E-state index contributed by atoms with van der Waals surface area (Å²) in [5.74, 6) is 0.677. The molecule has 3 atom stereocenters. The summed E-state index contributed by atoms with van der Waals surface area (Å²) in [7, 11) is -3.56. The number of hydrogen-bond acceptors (Lipinski definition) is 5. The van der Waals surface area contributed by atoms with Gasteiger partial charge in [0.25, 0.3) is 0 Å². The van der Waals surface area contributed by atoms with Crippen LogP contribution in [0.2, 0.25) is 0 Å². The fraction of sp³-hybridized carbons (Fsp3) is 0.480. The average molecular weight is 454 g/mol. The van der Waals surface area contributed by atoms with Crippen molar-refractivity contribution in [3.8, 4) is 0 Å². The van der Waals surface area contributed by atoms with Crippen LogP contribution in [0.5, 0.6) is 0 Å². The van der Waals surface area contributed by atoms with E-state index in [1.54, 1.807) is 18.3 Å². The molecule has 0 radical (unpaired) electrons. The number of fused-ring (bicyclic) bond motifs is 3. The summed E-state index contributed by atoms with van der Waals surface area (Å²) in [6, 6.07) is 10.0. The van der Waals surface area contributed by atoms with Crippen LogP contribution in [0.4, 0.5) is 0 Å². The molecule has 0 amide bonds. The third-order valence-electron chi connectivity index (χ3n) is 7.13. The van der Waals surface area contributed by atoms with Crippen LogP contribution in [0, 0.1) is 11.8 Å². The number of nitrogens with one attached hydrogen (secondary N) is 1. The molecule has 0 spiro atoms. The maximum Gasteiger partial charge on any atom is 0.242 e. The van der Waals surface area contributed by atoms with Crippen LogP contribution < -0.4 is 4.72 Å². The van der Waals surface area contributed by atoms with E-state index in [9.17, 15) is 8.42 Å². The highest BCUT2D eigenvalue weighted by molar-refractivity contribution is 7.89. The van der Waals surface area contributed by atoms with Crippen LogP contribution in [-0.4, -0.2) is 57.2 Å². The van der Waals surface area contributed by atoms with Gasteiger partial charge in [0.1, 0.15) is 4.90 Å². The third-order valence-corrected chi connectivity index (χ3v) is 8.58. The Morgan fingerprint density at radius 1 is 1.09 bits per heavy atom. The van der Waals surface area contributed by atoms with E-state index in [1.807, 2.05) is 0 Å². The van der Waals surface area contributed by atoms with Gasteiger partial charge in [-0.05, 0) is 66.3 Å². The predicted molar refractivity (Wildman–Crippen MR) is 125 cm³/mol. The minimum Gasteiger partial charge on any atom is -0.379 e. The van der Waals surface area contributed by atoms with E-state index in [2.05, 4.69) is 45.0 Å². The van der Waals surface area contributed by atoms with Crippen molar-refractivity contribution in [1.82, 2.24) is 14.6 Å². The van der Waals surface area contributed by atoms with Gasteiger partial charge in [-0.15, -0.1) is 0 Å². The van der Waals surface area contributed by atoms with E-state index in [-0.39, 0.29) is 10.9 Å². The van der Waals surface area contributed by atoms with Crippen LogP contribution in [0.3, 0.4) is 0 Å². The minimum atomic E-state index is -3.56. The summed E-state index contributed by atoms with van der Waals surface area (Å²) < 4.78 is 34.3. The highest BCUT2D eigenvalue weighted by Gasteiger charge is 2.41. The molecule has 2 aromatic rings. The molecule has 1 aromatic carbocycles. The zero-order valence-corrected chi connectivity index (χ0v) is 19.1. The first-order chi connectivity index (χ1) is 15.6. The van der Waals surface area contributed by atoms with Crippen molar-refractivity contribution >= 4 is 16.1 Å². The highest BCUT2D eigenvalue weighted by Crippen LogP contribution is 2.41. The lowest BCUT2D eigenvalue weighted by Gasteiger charge is -2.25. The van der Waals surface area contributed by atoms with Gasteiger partial charge in [-0.2, -0.15) is 0 Å². The largest absolute Gasteiger partial charge is 0.379 e. The van der Waals surface area contributed by atoms with E-state index >= 15 is 0 Å². The third kappa shape index (κ3) is 4.81. The Morgan fingerprint density at radius 2 is 1.88 bits per heavy atom. The van der Waals surface area contributed by atoms with E-state index in [0.29, 0.717) is 11.8 Å². The second-order valence-electron chi connectivity index (χ2n) is 9.19. The first kappa shape index (κ1) is 21.8. The van der Waals surface area contributed by atoms with E-state index in [0.717, 1.165) is 58.5 Å². The van der Waals surface area contributed by atoms with Crippen LogP contribution >= 0.6 is 0 Å². The average Bonchev–Trinajstić information content (AvgIpc) is 3.08. The second-order valence-corrected chi connectivity index (χ2v) is 10.9. The van der Waals surface area contributed by atoms with E-state index < -0.39 is 10.0 Å². The van der Waals surface area contributed by atoms with Crippen molar-refractivity contribution in [3.63, 3.8) is 0 Å². The fourth-order valence-corrected chi connectivity index (χ4v) is 6.74. The summed E-state index contributed by atoms with van der Waals surface area (Å²) in [6.45, 7) is 4.58. The molecule has 3 unspecified atom stereocenters. The maximum absolute atomic E-state index is 12.9. The van der Waals surface area contributed by atoms with Gasteiger partial charge in [0, 0.05) is 38.1 Å². The molecule has 2 heterocycles. The molecule has 1 saturated heterocycles. The van der Waals surface area contributed by atoms with Crippen molar-refractivity contribution in [2.75, 3.05) is 32.8 Å². The monoisotopic (exact) mass is 453 g/mol. The molecule has 1 saturated carbocycles. The van der Waals surface area contributed by atoms with Crippen molar-refractivity contribution < 1.29 is 13.2 Å². The van der Waals surface area contributed by atoms with Gasteiger partial charge < -0.3 is 4.74 Å². The summed E-state index contributed by atoms with van der Waals surface area (Å²) in [4.78, 5) is 6.63. The normalized spacial score (nSPS) is 26.2. The standard InChI is InChI=1S/C25H31N3O3S/c29-32(30,24-4-1-9-26-18-24)27-25-21-7-8-22(25)17-23-15-19(5-6-20(23)16-21)3-2-10-28-11-13-31-14-12-28/h1-6,9,15,18,21-22,25,27H,7-8,10-14,16-17H2/b3-2+. The van der Waals surface area contributed by atoms with Gasteiger partial charge in [0.15, 0.2) is 0 Å². The molecule has 5 rings (SSSR count). The molecule has 7 heteroatoms. The molecule has 1 N–H and O–H groups in total. The van der Waals surface area contributed by atoms with Gasteiger partial charge in [-0.1, -0.05) is 30.4 Å². The fourth-order valence-electron chi connectivity index (χ4n) is 5.40. The van der Waals surface area contributed by atoms with Crippen LogP contribution in [0.15, 0.2) is 53.7 Å². The van der Waals surface area contributed by atoms with Gasteiger partial charge >= 0.3 is 0 Å². The number of pyridine rings is 1. The minimum absolute atomic E-state index is 0.0204. The van der Waals surface area contributed by atoms with Gasteiger partial charge in [-0.3, -0.25) is 9.88 Å². The Kier molecular flexibility index (Phi) is 6.42. The first-order valence-corrected chi connectivity index (χ1v) is 13.1. The molecular formula is C25H31N3O3S. The molecular weight excluding hydrogens is 422 g/mol. The van der Waals surface area contributed by atoms with Crippen molar-refractivity contribution in [3.05, 3.63) is 65.5 Å². The van der Waals surface area contributed by atoms with Gasteiger partial charge in [0.05, 0.1) is 13.2 Å². The molecule has 2 fully saturated rings. The topological polar surface area (TPSA) is 71.5 Å². The van der Waals surface area contributed by atoms with Gasteiger partial charge in [-0.25, -0.2) is 13.1 Å². The number of morpholine rings is 1. The number of ether oxygens (including phenoxy) is 1. The molecule has 1 aliphatic heterocycles. The number of rotatable bonds is 6. The highest BCUT2D eigenvalue weighted by atomic mass is 32.2. The Morgan fingerprint density at radius 3 is 2.62 bits per heavy atom. The van der Waals surface area contributed by atoms with E-state index in [1.165, 1.54) is 22.9 Å². The SMILES string of the molecule is O=S(=O)(NC1C2CCC1Cc1cc(/C=C/CN3CCOCC3)ccc1C2)c1cccnc1. The predicted octanol–water partition coefficient (Wildman–Crippen LogP) is 2.90. The Labute approximate surface area is 190 Å². The summed E-state index contributed by atoms with van der Waals surface area (Å²) in [5.41, 5.74) is 3.96. The molecule has 170 valence electrons. The van der Waals surface area contributed by atoms with Crippen molar-refractivity contribution in [2.45, 2.75) is 36.6 Å². The number of aromatic nitrogens is 1. The summed E-state index contributed by atoms with van der Waals surface area (Å²) >= 11 is 0. The molecule has 32 heavy (non-hydrogen) atoms. The smallest absolute Gasteiger partial charge is 0.242 e. The molecule has 3 aliphatic rings. The van der Waals surface area contributed by atoms with Crippen LogP contribution in [-0.2, 0) is 27.6 Å². The lowest BCUT2D eigenvalue weighted by molar-refractivity contribution is 0.0435. The van der Waals surface area contributed by atoms with Gasteiger partial charge in [0.2, 0.25) is 10.0 Å². The zero-order chi connectivity index (χ0) is 22.0. The quantitative estimate of drug-likeness (QED) is 0.728. The lowest BCUT2D eigenvalue weighted by Crippen LogP contribution is -2.41. The number of benzene rings is 1. The molecule has 2 bridgehead atoms. The first-order valence-electron chi connectivity index (χ1n) is 11.6. The number of nitrogens with zero attached hydrogens (tertiary/aromatic N) is 2. The summed E-state index contributed by atoms with van der Waals surface area (Å²) in [5, 5.41) is 0. The van der Waals surface area contributed by atoms with Crippen LogP contribution in [0.1, 0.15) is 29.5 Å². The van der Waals surface area contributed by atoms with Crippen molar-refractivity contribution in [1.29, 1.82) is 0 Å². The Balaban J connectivity index is 1.29. The number of sulfonamides is 1. The van der Waals surface area contributed by atoms with E-state index in [4.69, 9.17) is 4.74 Å². The summed E-state index contributed by atoms with van der Waals surface area (Å²) in [6.07, 6.45) is 11.5. The van der Waals surface area contributed by atoms with Crippen LogP contribution in [0.25, 0.3) is 6.08 Å². The maximum atomic E-state index is 12.9. The molecule has 1 aromatic heterocycles. The second kappa shape index (κ2) is 9.43. The zero-order valence-electron chi connectivity index (χ0n) is 18.3. The molecule has 2 aliphatic carbocycles. The lowest BCUT2D eigenvalue weighted by atomic mass is 9.92. The number of hydrogen-bond donors (Lipinski definition) is 1. The Bertz CT molecular complexity index is 1070. The molecule has 6 nitrogen and oxygen atoms in total. The van der Waals surface area contributed by atoms with Crippen molar-refractivity contribution in [2.24, 2.45) is 11.8 Å².